The van der Waals surface area contributed by atoms with Gasteiger partial charge in [-0.05, 0) is 74.3 Å². The summed E-state index contributed by atoms with van der Waals surface area (Å²) in [4.78, 5) is 23.7. The van der Waals surface area contributed by atoms with Crippen molar-refractivity contribution in [2.24, 2.45) is 0 Å². The largest absolute Gasteiger partial charge is 0.457 e. The zero-order valence-corrected chi connectivity index (χ0v) is 22.5. The van der Waals surface area contributed by atoms with E-state index in [-0.39, 0.29) is 5.92 Å². The number of benzene rings is 6. The van der Waals surface area contributed by atoms with Crippen molar-refractivity contribution >= 4 is 44.3 Å². The smallest absolute Gasteiger partial charge is 0.335 e. The molecule has 0 amide bonds. The first-order chi connectivity index (χ1) is 20.5. The maximum atomic E-state index is 11.9. The van der Waals surface area contributed by atoms with E-state index in [1.54, 1.807) is 12.1 Å². The maximum Gasteiger partial charge on any atom is 0.335 e. The Morgan fingerprint density at radius 3 is 1.67 bits per heavy atom. The van der Waals surface area contributed by atoms with Gasteiger partial charge in [-0.3, -0.25) is 0 Å². The molecule has 202 valence electrons. The molecule has 7 rings (SSSR count). The van der Waals surface area contributed by atoms with Gasteiger partial charge in [0.15, 0.2) is 0 Å². The fourth-order valence-corrected chi connectivity index (χ4v) is 5.82. The minimum Gasteiger partial charge on any atom is -0.457 e. The van der Waals surface area contributed by atoms with Gasteiger partial charge >= 0.3 is 11.9 Å². The number of fused-ring (bicyclic) bond motifs is 7. The van der Waals surface area contributed by atoms with Gasteiger partial charge in [0.25, 0.3) is 0 Å². The van der Waals surface area contributed by atoms with Crippen LogP contribution in [0.4, 0.5) is 0 Å². The standard InChI is InChI=1S/C37H24O5/c1-3-33(38)40-27-13-15-29-24(20-27)11-17-31-36(29)35(26-10-9-22-7-5-6-8-23(22)19-26)37-30-16-14-28(41-34(39)4-2)21-25(30)12-18-32(37)42-31/h3-21,35H,1-2H2. The monoisotopic (exact) mass is 548 g/mol. The van der Waals surface area contributed by atoms with Crippen LogP contribution >= 0.6 is 0 Å². The minimum absolute atomic E-state index is 0.177. The Morgan fingerprint density at radius 2 is 1.12 bits per heavy atom. The average molecular weight is 549 g/mol. The molecule has 0 aliphatic carbocycles. The van der Waals surface area contributed by atoms with E-state index in [2.05, 4.69) is 43.5 Å². The van der Waals surface area contributed by atoms with E-state index in [0.717, 1.165) is 72.7 Å². The van der Waals surface area contributed by atoms with E-state index in [1.807, 2.05) is 60.7 Å². The van der Waals surface area contributed by atoms with Crippen LogP contribution < -0.4 is 14.2 Å². The number of carbonyl (C=O) groups is 2. The molecular weight excluding hydrogens is 524 g/mol. The molecule has 0 unspecified atom stereocenters. The first-order valence-electron chi connectivity index (χ1n) is 13.5. The summed E-state index contributed by atoms with van der Waals surface area (Å²) in [5, 5.41) is 6.11. The van der Waals surface area contributed by atoms with Crippen LogP contribution in [-0.2, 0) is 9.59 Å². The molecule has 1 aliphatic rings. The number of hydrogen-bond acceptors (Lipinski definition) is 5. The fourth-order valence-electron chi connectivity index (χ4n) is 5.82. The van der Waals surface area contributed by atoms with Gasteiger partial charge in [0.05, 0.1) is 0 Å². The van der Waals surface area contributed by atoms with Crippen molar-refractivity contribution in [2.45, 2.75) is 5.92 Å². The van der Waals surface area contributed by atoms with Crippen LogP contribution in [0.1, 0.15) is 22.6 Å². The van der Waals surface area contributed by atoms with Crippen molar-refractivity contribution in [3.8, 4) is 23.0 Å². The molecule has 0 spiro atoms. The molecule has 0 N–H and O–H groups in total. The van der Waals surface area contributed by atoms with Crippen LogP contribution in [0.5, 0.6) is 23.0 Å². The summed E-state index contributed by atoms with van der Waals surface area (Å²) in [5.41, 5.74) is 3.15. The van der Waals surface area contributed by atoms with Crippen LogP contribution in [-0.4, -0.2) is 11.9 Å². The average Bonchev–Trinajstić information content (AvgIpc) is 3.02. The molecule has 0 fully saturated rings. The number of carbonyl (C=O) groups excluding carboxylic acids is 2. The number of rotatable bonds is 5. The predicted octanol–water partition coefficient (Wildman–Crippen LogP) is 8.61. The highest BCUT2D eigenvalue weighted by Gasteiger charge is 2.32. The highest BCUT2D eigenvalue weighted by atomic mass is 16.5. The molecule has 0 radical (unpaired) electrons. The van der Waals surface area contributed by atoms with E-state index in [4.69, 9.17) is 14.2 Å². The molecule has 6 aromatic rings. The van der Waals surface area contributed by atoms with Gasteiger partial charge in [0, 0.05) is 29.2 Å². The van der Waals surface area contributed by atoms with Gasteiger partial charge in [-0.2, -0.15) is 0 Å². The summed E-state index contributed by atoms with van der Waals surface area (Å²) >= 11 is 0. The fraction of sp³-hybridized carbons (Fsp3) is 0.0270. The predicted molar refractivity (Wildman–Crippen MR) is 165 cm³/mol. The third-order valence-electron chi connectivity index (χ3n) is 7.66. The lowest BCUT2D eigenvalue weighted by Gasteiger charge is -2.31. The van der Waals surface area contributed by atoms with Gasteiger partial charge in [0.2, 0.25) is 0 Å². The topological polar surface area (TPSA) is 61.8 Å². The lowest BCUT2D eigenvalue weighted by atomic mass is 9.78. The summed E-state index contributed by atoms with van der Waals surface area (Å²) in [6.45, 7) is 6.98. The van der Waals surface area contributed by atoms with Crippen molar-refractivity contribution in [1.29, 1.82) is 0 Å². The number of hydrogen-bond donors (Lipinski definition) is 0. The number of esters is 2. The van der Waals surface area contributed by atoms with Gasteiger partial charge in [-0.25, -0.2) is 9.59 Å². The van der Waals surface area contributed by atoms with Gasteiger partial charge in [-0.1, -0.05) is 79.9 Å². The Labute approximate surface area is 241 Å². The third kappa shape index (κ3) is 4.28. The molecule has 0 saturated heterocycles. The second kappa shape index (κ2) is 10.1. The molecule has 5 heteroatoms. The van der Waals surface area contributed by atoms with Crippen molar-refractivity contribution in [3.63, 3.8) is 0 Å². The Balaban J connectivity index is 1.48. The normalized spacial score (nSPS) is 12.3. The lowest BCUT2D eigenvalue weighted by Crippen LogP contribution is -2.13. The highest BCUT2D eigenvalue weighted by molar-refractivity contribution is 5.97. The molecule has 1 heterocycles. The summed E-state index contributed by atoms with van der Waals surface area (Å²) in [5.74, 6) is 1.22. The Hall–Kier alpha value is -5.68. The van der Waals surface area contributed by atoms with Crippen molar-refractivity contribution in [1.82, 2.24) is 0 Å². The Kier molecular flexibility index (Phi) is 6.06. The Bertz CT molecular complexity index is 1990. The molecule has 0 saturated carbocycles. The van der Waals surface area contributed by atoms with E-state index in [9.17, 15) is 9.59 Å². The molecule has 5 nitrogen and oxygen atoms in total. The van der Waals surface area contributed by atoms with E-state index < -0.39 is 11.9 Å². The van der Waals surface area contributed by atoms with Crippen molar-refractivity contribution in [2.75, 3.05) is 0 Å². The quantitative estimate of drug-likeness (QED) is 0.122. The first kappa shape index (κ1) is 25.3. The SMILES string of the molecule is C=CC(=O)Oc1ccc2c3c(ccc2c1)Oc1ccc2cc(OC(=O)C=C)ccc2c1C3c1ccc2ccccc2c1. The van der Waals surface area contributed by atoms with Crippen LogP contribution in [0.25, 0.3) is 32.3 Å². The van der Waals surface area contributed by atoms with Crippen LogP contribution in [0.2, 0.25) is 0 Å². The van der Waals surface area contributed by atoms with Crippen molar-refractivity contribution < 1.29 is 23.8 Å². The van der Waals surface area contributed by atoms with Gasteiger partial charge in [-0.15, -0.1) is 0 Å². The molecule has 1 aliphatic heterocycles. The van der Waals surface area contributed by atoms with Crippen molar-refractivity contribution in [3.05, 3.63) is 145 Å². The minimum atomic E-state index is -0.511. The lowest BCUT2D eigenvalue weighted by molar-refractivity contribution is -0.129. The molecule has 0 aromatic heterocycles. The molecule has 6 aromatic carbocycles. The van der Waals surface area contributed by atoms with E-state index in [1.165, 1.54) is 0 Å². The zero-order chi connectivity index (χ0) is 28.8. The summed E-state index contributed by atoms with van der Waals surface area (Å²) < 4.78 is 17.4. The summed E-state index contributed by atoms with van der Waals surface area (Å²) in [7, 11) is 0. The van der Waals surface area contributed by atoms with Crippen LogP contribution in [0.15, 0.2) is 128 Å². The molecular formula is C37H24O5. The van der Waals surface area contributed by atoms with Gasteiger partial charge < -0.3 is 14.2 Å². The van der Waals surface area contributed by atoms with Gasteiger partial charge in [0.1, 0.15) is 23.0 Å². The summed E-state index contributed by atoms with van der Waals surface area (Å²) in [6.07, 6.45) is 2.29. The first-order valence-corrected chi connectivity index (χ1v) is 13.5. The van der Waals surface area contributed by atoms with E-state index >= 15 is 0 Å². The Morgan fingerprint density at radius 1 is 0.595 bits per heavy atom. The molecule has 42 heavy (non-hydrogen) atoms. The highest BCUT2D eigenvalue weighted by Crippen LogP contribution is 2.52. The third-order valence-corrected chi connectivity index (χ3v) is 7.66. The second-order valence-electron chi connectivity index (χ2n) is 10.1. The molecule has 0 bridgehead atoms. The van der Waals surface area contributed by atoms with Crippen LogP contribution in [0, 0.1) is 0 Å². The van der Waals surface area contributed by atoms with E-state index in [0.29, 0.717) is 11.5 Å². The molecule has 0 atom stereocenters. The summed E-state index contributed by atoms with van der Waals surface area (Å²) in [6, 6.07) is 34.0. The zero-order valence-electron chi connectivity index (χ0n) is 22.5. The second-order valence-corrected chi connectivity index (χ2v) is 10.1. The van der Waals surface area contributed by atoms with Crippen LogP contribution in [0.3, 0.4) is 0 Å². The number of ether oxygens (including phenoxy) is 3. The maximum absolute atomic E-state index is 11.9.